The Hall–Kier alpha value is -4.22. The Balaban J connectivity index is 1.43. The summed E-state index contributed by atoms with van der Waals surface area (Å²) in [5.41, 5.74) is -1.09. The predicted octanol–water partition coefficient (Wildman–Crippen LogP) is 5.58. The standard InChI is InChI=1S/C22H11F6N5O/c23-11-4-5-13(15(6-11)22(26,27)28)17-7-12(34-32-17)9-33-10-19-18(8-29-33)30-21(31-19)14-2-1-3-16(24)20(14)25/h1-8,10H,9H2. The van der Waals surface area contributed by atoms with Crippen LogP contribution in [-0.4, -0.2) is 24.9 Å². The second-order valence-corrected chi connectivity index (χ2v) is 7.26. The van der Waals surface area contributed by atoms with Crippen LogP contribution in [0, 0.1) is 17.5 Å². The minimum atomic E-state index is -4.78. The highest BCUT2D eigenvalue weighted by atomic mass is 19.4. The van der Waals surface area contributed by atoms with Gasteiger partial charge in [0.05, 0.1) is 23.5 Å². The molecule has 0 fully saturated rings. The van der Waals surface area contributed by atoms with E-state index >= 15 is 0 Å². The van der Waals surface area contributed by atoms with Crippen LogP contribution in [0.25, 0.3) is 34.0 Å². The van der Waals surface area contributed by atoms with Crippen LogP contribution in [0.15, 0.2) is 59.4 Å². The largest absolute Gasteiger partial charge is 0.417 e. The van der Waals surface area contributed by atoms with Crippen LogP contribution in [0.1, 0.15) is 11.3 Å². The maximum Gasteiger partial charge on any atom is 0.417 e. The molecule has 0 N–H and O–H groups in total. The van der Waals surface area contributed by atoms with E-state index < -0.39 is 29.2 Å². The van der Waals surface area contributed by atoms with Crippen LogP contribution in [-0.2, 0) is 12.7 Å². The van der Waals surface area contributed by atoms with Crippen molar-refractivity contribution in [2.24, 2.45) is 0 Å². The number of benzene rings is 2. The third-order valence-corrected chi connectivity index (χ3v) is 4.95. The zero-order valence-corrected chi connectivity index (χ0v) is 16.8. The molecule has 0 aliphatic carbocycles. The van der Waals surface area contributed by atoms with E-state index in [4.69, 9.17) is 4.52 Å². The molecule has 1 aromatic heterocycles. The summed E-state index contributed by atoms with van der Waals surface area (Å²) >= 11 is 0. The van der Waals surface area contributed by atoms with Crippen LogP contribution in [0.5, 0.6) is 0 Å². The number of halogens is 6. The van der Waals surface area contributed by atoms with Gasteiger partial charge in [-0.1, -0.05) is 11.2 Å². The lowest BCUT2D eigenvalue weighted by Gasteiger charge is -2.10. The lowest BCUT2D eigenvalue weighted by molar-refractivity contribution is -0.137. The number of alkyl halides is 3. The summed E-state index contributed by atoms with van der Waals surface area (Å²) < 4.78 is 87.3. The van der Waals surface area contributed by atoms with Gasteiger partial charge in [-0.25, -0.2) is 23.1 Å². The highest BCUT2D eigenvalue weighted by molar-refractivity contribution is 5.66. The van der Waals surface area contributed by atoms with Gasteiger partial charge in [0.1, 0.15) is 29.4 Å². The van der Waals surface area contributed by atoms with E-state index in [0.717, 1.165) is 18.2 Å². The fourth-order valence-corrected chi connectivity index (χ4v) is 3.39. The van der Waals surface area contributed by atoms with Crippen LogP contribution >= 0.6 is 0 Å². The zero-order valence-electron chi connectivity index (χ0n) is 16.8. The maximum atomic E-state index is 14.1. The SMILES string of the molecule is Fc1ccc(-c2cc(Cn3cc4nc(-c5cccc(F)c5F)nc-4cn3)on2)c(C(F)(F)F)c1. The highest BCUT2D eigenvalue weighted by Crippen LogP contribution is 2.37. The fourth-order valence-electron chi connectivity index (χ4n) is 3.39. The lowest BCUT2D eigenvalue weighted by atomic mass is 10.0. The molecule has 3 aromatic rings. The Morgan fingerprint density at radius 3 is 2.47 bits per heavy atom. The number of hydrogen-bond donors (Lipinski definition) is 0. The lowest BCUT2D eigenvalue weighted by Crippen LogP contribution is -2.08. The average Bonchev–Trinajstić information content (AvgIpc) is 3.42. The molecule has 2 aliphatic rings. The minimum absolute atomic E-state index is 0.0236. The van der Waals surface area contributed by atoms with Crippen LogP contribution < -0.4 is 0 Å². The summed E-state index contributed by atoms with van der Waals surface area (Å²) in [5.74, 6) is -2.99. The van der Waals surface area contributed by atoms with Gasteiger partial charge in [-0.2, -0.15) is 18.3 Å². The first kappa shape index (κ1) is 21.6. The smallest absolute Gasteiger partial charge is 0.359 e. The Bertz CT molecular complexity index is 1480. The molecule has 2 aliphatic heterocycles. The fraction of sp³-hybridized carbons (Fsp3) is 0.0909. The molecule has 0 saturated heterocycles. The van der Waals surface area contributed by atoms with E-state index in [1.54, 1.807) is 0 Å². The Labute approximate surface area is 186 Å². The molecule has 0 unspecified atom stereocenters. The summed E-state index contributed by atoms with van der Waals surface area (Å²) in [6.45, 7) is -0.0258. The quantitative estimate of drug-likeness (QED) is 0.317. The topological polar surface area (TPSA) is 69.6 Å². The molecule has 2 aromatic carbocycles. The second-order valence-electron chi connectivity index (χ2n) is 7.26. The molecule has 0 radical (unpaired) electrons. The third kappa shape index (κ3) is 3.98. The average molecular weight is 475 g/mol. The van der Waals surface area contributed by atoms with Gasteiger partial charge in [-0.05, 0) is 30.3 Å². The highest BCUT2D eigenvalue weighted by Gasteiger charge is 2.35. The first-order valence-corrected chi connectivity index (χ1v) is 9.66. The van der Waals surface area contributed by atoms with Crippen LogP contribution in [0.4, 0.5) is 26.3 Å². The van der Waals surface area contributed by atoms with Crippen LogP contribution in [0.3, 0.4) is 0 Å². The van der Waals surface area contributed by atoms with Gasteiger partial charge in [0.2, 0.25) is 0 Å². The first-order valence-electron chi connectivity index (χ1n) is 9.66. The molecule has 34 heavy (non-hydrogen) atoms. The van der Waals surface area contributed by atoms with E-state index in [-0.39, 0.29) is 35.0 Å². The molecular weight excluding hydrogens is 464 g/mol. The summed E-state index contributed by atoms with van der Waals surface area (Å²) in [6.07, 6.45) is -1.97. The molecule has 0 bridgehead atoms. The van der Waals surface area contributed by atoms with Crippen molar-refractivity contribution in [3.05, 3.63) is 83.6 Å². The van der Waals surface area contributed by atoms with Gasteiger partial charge >= 0.3 is 6.18 Å². The molecule has 0 spiro atoms. The van der Waals surface area contributed by atoms with Crippen molar-refractivity contribution in [2.75, 3.05) is 0 Å². The molecular formula is C22H11F6N5O. The van der Waals surface area contributed by atoms with Crippen molar-refractivity contribution in [3.8, 4) is 34.0 Å². The van der Waals surface area contributed by atoms with Crippen LogP contribution in [0.2, 0.25) is 0 Å². The van der Waals surface area contributed by atoms with Gasteiger partial charge < -0.3 is 4.52 Å². The number of fused-ring (bicyclic) bond motifs is 1. The van der Waals surface area contributed by atoms with Crippen molar-refractivity contribution in [1.29, 1.82) is 0 Å². The summed E-state index contributed by atoms with van der Waals surface area (Å²) in [5, 5.41) is 7.80. The number of nitrogens with zero attached hydrogens (tertiary/aromatic N) is 5. The summed E-state index contributed by atoms with van der Waals surface area (Å²) in [7, 11) is 0. The molecule has 5 rings (SSSR count). The van der Waals surface area contributed by atoms with Gasteiger partial charge in [0.15, 0.2) is 23.2 Å². The molecule has 172 valence electrons. The van der Waals surface area contributed by atoms with E-state index in [1.165, 1.54) is 35.3 Å². The van der Waals surface area contributed by atoms with E-state index in [2.05, 4.69) is 20.2 Å². The van der Waals surface area contributed by atoms with Crippen molar-refractivity contribution in [2.45, 2.75) is 12.7 Å². The molecule has 0 amide bonds. The second kappa shape index (κ2) is 7.97. The monoisotopic (exact) mass is 475 g/mol. The summed E-state index contributed by atoms with van der Waals surface area (Å²) in [4.78, 5) is 8.35. The van der Waals surface area contributed by atoms with E-state index in [9.17, 15) is 26.3 Å². The van der Waals surface area contributed by atoms with Gasteiger partial charge in [0.25, 0.3) is 0 Å². The third-order valence-electron chi connectivity index (χ3n) is 4.95. The number of rotatable bonds is 4. The number of hydrogen-bond acceptors (Lipinski definition) is 5. The predicted molar refractivity (Wildman–Crippen MR) is 106 cm³/mol. The zero-order chi connectivity index (χ0) is 24.0. The molecule has 6 nitrogen and oxygen atoms in total. The van der Waals surface area contributed by atoms with Crippen molar-refractivity contribution in [1.82, 2.24) is 24.9 Å². The normalized spacial score (nSPS) is 11.9. The molecule has 0 atom stereocenters. The Kier molecular flexibility index (Phi) is 5.07. The Morgan fingerprint density at radius 2 is 1.68 bits per heavy atom. The molecule has 3 heterocycles. The van der Waals surface area contributed by atoms with E-state index in [1.807, 2.05) is 0 Å². The summed E-state index contributed by atoms with van der Waals surface area (Å²) in [6, 6.07) is 7.20. The number of aromatic nitrogens is 5. The van der Waals surface area contributed by atoms with Gasteiger partial charge in [-0.15, -0.1) is 0 Å². The molecule has 0 saturated carbocycles. The van der Waals surface area contributed by atoms with Gasteiger partial charge in [-0.3, -0.25) is 4.68 Å². The molecule has 12 heteroatoms. The van der Waals surface area contributed by atoms with Crippen molar-refractivity contribution < 1.29 is 30.9 Å². The van der Waals surface area contributed by atoms with Crippen molar-refractivity contribution >= 4 is 0 Å². The van der Waals surface area contributed by atoms with Crippen molar-refractivity contribution in [3.63, 3.8) is 0 Å². The first-order chi connectivity index (χ1) is 16.2. The maximum absolute atomic E-state index is 14.1. The van der Waals surface area contributed by atoms with E-state index in [0.29, 0.717) is 17.5 Å². The minimum Gasteiger partial charge on any atom is -0.359 e. The Morgan fingerprint density at radius 1 is 0.882 bits per heavy atom. The number of imidazole rings is 1. The van der Waals surface area contributed by atoms with Gasteiger partial charge in [0, 0.05) is 11.6 Å².